The molecule has 0 aliphatic carbocycles. The third-order valence-corrected chi connectivity index (χ3v) is 2.91. The van der Waals surface area contributed by atoms with Gasteiger partial charge < -0.3 is 15.8 Å². The van der Waals surface area contributed by atoms with Gasteiger partial charge in [-0.1, -0.05) is 0 Å². The van der Waals surface area contributed by atoms with E-state index in [1.54, 1.807) is 12.1 Å². The second-order valence-corrected chi connectivity index (χ2v) is 4.68. The van der Waals surface area contributed by atoms with E-state index >= 15 is 0 Å². The monoisotopic (exact) mass is 292 g/mol. The molecule has 0 bridgehead atoms. The van der Waals surface area contributed by atoms with E-state index in [0.717, 1.165) is 11.8 Å². The summed E-state index contributed by atoms with van der Waals surface area (Å²) in [5.74, 6) is -0.433. The largest absolute Gasteiger partial charge is 0.494 e. The Hall–Kier alpha value is -2.30. The molecule has 3 nitrogen and oxygen atoms in total. The van der Waals surface area contributed by atoms with E-state index in [4.69, 9.17) is 10.5 Å². The van der Waals surface area contributed by atoms with Crippen LogP contribution in [0.2, 0.25) is 0 Å². The maximum atomic E-state index is 13.1. The molecule has 0 heterocycles. The Labute approximate surface area is 122 Å². The van der Waals surface area contributed by atoms with Crippen molar-refractivity contribution in [3.05, 3.63) is 53.6 Å². The van der Waals surface area contributed by atoms with E-state index in [2.05, 4.69) is 5.32 Å². The van der Waals surface area contributed by atoms with Gasteiger partial charge in [0.05, 0.1) is 6.61 Å². The number of anilines is 2. The highest BCUT2D eigenvalue weighted by Gasteiger charge is 2.02. The zero-order chi connectivity index (χ0) is 15.2. The molecule has 112 valence electrons. The number of hydrogen-bond donors (Lipinski definition) is 2. The van der Waals surface area contributed by atoms with E-state index in [1.807, 2.05) is 13.0 Å². The van der Waals surface area contributed by atoms with E-state index in [1.165, 1.54) is 12.1 Å². The van der Waals surface area contributed by atoms with Crippen molar-refractivity contribution >= 4 is 11.4 Å². The molecule has 2 aromatic carbocycles. The van der Waals surface area contributed by atoms with Gasteiger partial charge in [-0.25, -0.2) is 8.78 Å². The minimum atomic E-state index is -0.562. The first-order chi connectivity index (χ1) is 10.1. The van der Waals surface area contributed by atoms with Crippen LogP contribution in [0.15, 0.2) is 36.4 Å². The van der Waals surface area contributed by atoms with E-state index in [-0.39, 0.29) is 0 Å². The molecule has 21 heavy (non-hydrogen) atoms. The van der Waals surface area contributed by atoms with Crippen molar-refractivity contribution in [1.82, 2.24) is 0 Å². The summed E-state index contributed by atoms with van der Waals surface area (Å²) in [6.07, 6.45) is 0.507. The molecule has 0 amide bonds. The van der Waals surface area contributed by atoms with Crippen LogP contribution in [0.4, 0.5) is 20.2 Å². The van der Waals surface area contributed by atoms with Crippen molar-refractivity contribution in [3.8, 4) is 5.75 Å². The smallest absolute Gasteiger partial charge is 0.126 e. The lowest BCUT2D eigenvalue weighted by Gasteiger charge is -2.10. The number of ether oxygens (including phenoxy) is 1. The van der Waals surface area contributed by atoms with Crippen LogP contribution in [0.5, 0.6) is 5.75 Å². The SMILES string of the molecule is CCOc1cc(N)cc(NCCc2cc(F)cc(F)c2)c1. The topological polar surface area (TPSA) is 47.3 Å². The summed E-state index contributed by atoms with van der Waals surface area (Å²) in [5.41, 5.74) is 7.81. The van der Waals surface area contributed by atoms with Gasteiger partial charge in [-0.05, 0) is 37.1 Å². The van der Waals surface area contributed by atoms with Crippen LogP contribution in [0.3, 0.4) is 0 Å². The molecule has 0 aromatic heterocycles. The number of nitrogens with two attached hydrogens (primary N) is 1. The Kier molecular flexibility index (Phi) is 4.98. The summed E-state index contributed by atoms with van der Waals surface area (Å²) in [5, 5.41) is 3.17. The van der Waals surface area contributed by atoms with Crippen LogP contribution in [0.25, 0.3) is 0 Å². The summed E-state index contributed by atoms with van der Waals surface area (Å²) in [7, 11) is 0. The molecule has 3 N–H and O–H groups in total. The first-order valence-corrected chi connectivity index (χ1v) is 6.79. The van der Waals surface area contributed by atoms with Crippen molar-refractivity contribution in [2.75, 3.05) is 24.2 Å². The highest BCUT2D eigenvalue weighted by molar-refractivity contribution is 5.59. The number of nitrogens with one attached hydrogen (secondary N) is 1. The molecule has 0 saturated heterocycles. The van der Waals surface area contributed by atoms with Gasteiger partial charge in [0.15, 0.2) is 0 Å². The number of hydrogen-bond acceptors (Lipinski definition) is 3. The number of halogens is 2. The van der Waals surface area contributed by atoms with Crippen LogP contribution in [-0.2, 0) is 6.42 Å². The van der Waals surface area contributed by atoms with E-state index < -0.39 is 11.6 Å². The van der Waals surface area contributed by atoms with Crippen LogP contribution < -0.4 is 15.8 Å². The summed E-state index contributed by atoms with van der Waals surface area (Å²) in [4.78, 5) is 0. The Morgan fingerprint density at radius 2 is 1.76 bits per heavy atom. The fourth-order valence-corrected chi connectivity index (χ4v) is 2.08. The van der Waals surface area contributed by atoms with Crippen LogP contribution in [0.1, 0.15) is 12.5 Å². The Balaban J connectivity index is 1.96. The molecule has 0 radical (unpaired) electrons. The van der Waals surface area contributed by atoms with Crippen molar-refractivity contribution in [2.45, 2.75) is 13.3 Å². The van der Waals surface area contributed by atoms with Crippen molar-refractivity contribution in [1.29, 1.82) is 0 Å². The summed E-state index contributed by atoms with van der Waals surface area (Å²) in [6.45, 7) is 3.00. The lowest BCUT2D eigenvalue weighted by atomic mass is 10.1. The third-order valence-electron chi connectivity index (χ3n) is 2.91. The first-order valence-electron chi connectivity index (χ1n) is 6.79. The summed E-state index contributed by atoms with van der Waals surface area (Å²) in [6, 6.07) is 8.89. The van der Waals surface area contributed by atoms with Gasteiger partial charge in [-0.2, -0.15) is 0 Å². The molecule has 2 rings (SSSR count). The first kappa shape index (κ1) is 15.1. The molecule has 0 aliphatic heterocycles. The molecule has 0 spiro atoms. The molecule has 0 atom stereocenters. The van der Waals surface area contributed by atoms with Crippen molar-refractivity contribution in [2.24, 2.45) is 0 Å². The molecule has 0 saturated carbocycles. The average molecular weight is 292 g/mol. The van der Waals surface area contributed by atoms with Gasteiger partial charge in [-0.15, -0.1) is 0 Å². The van der Waals surface area contributed by atoms with Gasteiger partial charge in [-0.3, -0.25) is 0 Å². The van der Waals surface area contributed by atoms with E-state index in [0.29, 0.717) is 36.6 Å². The quantitative estimate of drug-likeness (QED) is 0.800. The normalized spacial score (nSPS) is 10.4. The lowest BCUT2D eigenvalue weighted by molar-refractivity contribution is 0.340. The minimum Gasteiger partial charge on any atom is -0.494 e. The van der Waals surface area contributed by atoms with Crippen molar-refractivity contribution in [3.63, 3.8) is 0 Å². The molecular weight excluding hydrogens is 274 g/mol. The van der Waals surface area contributed by atoms with Gasteiger partial charge in [0, 0.05) is 36.1 Å². The number of nitrogen functional groups attached to an aromatic ring is 1. The summed E-state index contributed by atoms with van der Waals surface area (Å²) >= 11 is 0. The Morgan fingerprint density at radius 1 is 1.05 bits per heavy atom. The standard InChI is InChI=1S/C16H18F2N2O/c1-2-21-16-9-14(19)8-15(10-16)20-4-3-11-5-12(17)7-13(18)6-11/h5-10,20H,2-4,19H2,1H3. The second kappa shape index (κ2) is 6.92. The second-order valence-electron chi connectivity index (χ2n) is 4.68. The zero-order valence-electron chi connectivity index (χ0n) is 11.8. The van der Waals surface area contributed by atoms with Crippen LogP contribution >= 0.6 is 0 Å². The fourth-order valence-electron chi connectivity index (χ4n) is 2.08. The van der Waals surface area contributed by atoms with Gasteiger partial charge in [0.1, 0.15) is 17.4 Å². The molecule has 0 fully saturated rings. The fraction of sp³-hybridized carbons (Fsp3) is 0.250. The highest BCUT2D eigenvalue weighted by atomic mass is 19.1. The lowest BCUT2D eigenvalue weighted by Crippen LogP contribution is -2.06. The van der Waals surface area contributed by atoms with E-state index in [9.17, 15) is 8.78 Å². The number of rotatable bonds is 6. The highest BCUT2D eigenvalue weighted by Crippen LogP contribution is 2.22. The molecule has 0 unspecified atom stereocenters. The van der Waals surface area contributed by atoms with Gasteiger partial charge in [0.2, 0.25) is 0 Å². The third kappa shape index (κ3) is 4.63. The zero-order valence-corrected chi connectivity index (χ0v) is 11.8. The Bertz CT molecular complexity index is 597. The van der Waals surface area contributed by atoms with Gasteiger partial charge >= 0.3 is 0 Å². The molecule has 2 aromatic rings. The Morgan fingerprint density at radius 3 is 2.43 bits per heavy atom. The predicted molar refractivity (Wildman–Crippen MR) is 80.6 cm³/mol. The van der Waals surface area contributed by atoms with Crippen LogP contribution in [-0.4, -0.2) is 13.2 Å². The average Bonchev–Trinajstić information content (AvgIpc) is 2.37. The van der Waals surface area contributed by atoms with Crippen molar-refractivity contribution < 1.29 is 13.5 Å². The molecule has 5 heteroatoms. The predicted octanol–water partition coefficient (Wildman–Crippen LogP) is 3.60. The molecule has 0 aliphatic rings. The minimum absolute atomic E-state index is 0.507. The summed E-state index contributed by atoms with van der Waals surface area (Å²) < 4.78 is 31.6. The van der Waals surface area contributed by atoms with Gasteiger partial charge in [0.25, 0.3) is 0 Å². The maximum Gasteiger partial charge on any atom is 0.126 e. The van der Waals surface area contributed by atoms with Crippen LogP contribution in [0, 0.1) is 11.6 Å². The number of benzene rings is 2. The molecular formula is C16H18F2N2O. The maximum absolute atomic E-state index is 13.1.